The zero-order chi connectivity index (χ0) is 15.4. The molecule has 1 amide bonds. The number of carbonyl (C=O) groups excluding carboxylic acids is 1. The fourth-order valence-corrected chi connectivity index (χ4v) is 4.64. The summed E-state index contributed by atoms with van der Waals surface area (Å²) in [5.74, 6) is 0.493. The molecule has 2 saturated carbocycles. The minimum atomic E-state index is -0.123. The molecule has 0 radical (unpaired) electrons. The normalized spacial score (nSPS) is 25.6. The molecule has 1 heterocycles. The zero-order valence-electron chi connectivity index (χ0n) is 12.7. The van der Waals surface area contributed by atoms with Gasteiger partial charge < -0.3 is 10.6 Å². The Morgan fingerprint density at radius 1 is 1.23 bits per heavy atom. The Bertz CT molecular complexity index is 559. The number of aromatic nitrogens is 1. The van der Waals surface area contributed by atoms with E-state index < -0.39 is 0 Å². The molecule has 2 N–H and O–H groups in total. The van der Waals surface area contributed by atoms with Gasteiger partial charge >= 0.3 is 0 Å². The van der Waals surface area contributed by atoms with Crippen LogP contribution in [0.3, 0.4) is 0 Å². The van der Waals surface area contributed by atoms with Crippen molar-refractivity contribution in [2.45, 2.75) is 63.3 Å². The van der Waals surface area contributed by atoms with Gasteiger partial charge in [-0.2, -0.15) is 5.26 Å². The number of nitrogens with one attached hydrogen (secondary N) is 2. The molecular formula is C16H22N4OS. The third kappa shape index (κ3) is 3.41. The molecule has 1 aromatic heterocycles. The lowest BCUT2D eigenvalue weighted by Crippen LogP contribution is -2.36. The number of nitrogens with zero attached hydrogens (tertiary/aromatic N) is 2. The van der Waals surface area contributed by atoms with Gasteiger partial charge in [0.05, 0.1) is 5.92 Å². The third-order valence-electron chi connectivity index (χ3n) is 4.86. The van der Waals surface area contributed by atoms with Gasteiger partial charge in [0.15, 0.2) is 11.3 Å². The van der Waals surface area contributed by atoms with E-state index in [0.29, 0.717) is 11.0 Å². The molecule has 1 aromatic rings. The molecule has 2 aliphatic rings. The molecule has 5 nitrogen and oxygen atoms in total. The van der Waals surface area contributed by atoms with Crippen LogP contribution in [0.15, 0.2) is 6.20 Å². The van der Waals surface area contributed by atoms with Gasteiger partial charge in [0.1, 0.15) is 0 Å². The summed E-state index contributed by atoms with van der Waals surface area (Å²) >= 11 is 1.61. The SMILES string of the molecule is N#CNC1CCC[C@@H]1C(=O)Nc1ncc(C2CCCCC2)s1. The average molecular weight is 318 g/mol. The second kappa shape index (κ2) is 7.10. The number of rotatable bonds is 4. The molecule has 2 atom stereocenters. The quantitative estimate of drug-likeness (QED) is 0.659. The number of amides is 1. The minimum Gasteiger partial charge on any atom is -0.320 e. The van der Waals surface area contributed by atoms with Gasteiger partial charge in [-0.25, -0.2) is 4.98 Å². The molecule has 0 bridgehead atoms. The molecular weight excluding hydrogens is 296 g/mol. The summed E-state index contributed by atoms with van der Waals surface area (Å²) in [4.78, 5) is 18.1. The molecule has 0 aromatic carbocycles. The van der Waals surface area contributed by atoms with E-state index in [0.717, 1.165) is 19.3 Å². The van der Waals surface area contributed by atoms with Crippen molar-refractivity contribution in [3.63, 3.8) is 0 Å². The van der Waals surface area contributed by atoms with Crippen LogP contribution >= 0.6 is 11.3 Å². The lowest BCUT2D eigenvalue weighted by molar-refractivity contribution is -0.120. The van der Waals surface area contributed by atoms with Crippen LogP contribution in [0.5, 0.6) is 0 Å². The van der Waals surface area contributed by atoms with Gasteiger partial charge in [0.25, 0.3) is 0 Å². The maximum absolute atomic E-state index is 12.4. The third-order valence-corrected chi connectivity index (χ3v) is 5.94. The highest BCUT2D eigenvalue weighted by atomic mass is 32.1. The van der Waals surface area contributed by atoms with E-state index in [-0.39, 0.29) is 17.9 Å². The highest BCUT2D eigenvalue weighted by molar-refractivity contribution is 7.15. The zero-order valence-corrected chi connectivity index (χ0v) is 13.5. The fourth-order valence-electron chi connectivity index (χ4n) is 3.65. The van der Waals surface area contributed by atoms with Crippen molar-refractivity contribution in [2.24, 2.45) is 5.92 Å². The van der Waals surface area contributed by atoms with Crippen molar-refractivity contribution in [2.75, 3.05) is 5.32 Å². The maximum Gasteiger partial charge on any atom is 0.231 e. The predicted octanol–water partition coefficient (Wildman–Crippen LogP) is 3.37. The highest BCUT2D eigenvalue weighted by Crippen LogP contribution is 2.37. The van der Waals surface area contributed by atoms with E-state index in [1.807, 2.05) is 12.4 Å². The largest absolute Gasteiger partial charge is 0.320 e. The first-order valence-corrected chi connectivity index (χ1v) is 9.01. The Balaban J connectivity index is 1.60. The minimum absolute atomic E-state index is 0.00482. The van der Waals surface area contributed by atoms with E-state index in [2.05, 4.69) is 15.6 Å². The number of anilines is 1. The van der Waals surface area contributed by atoms with E-state index >= 15 is 0 Å². The molecule has 22 heavy (non-hydrogen) atoms. The van der Waals surface area contributed by atoms with Crippen LogP contribution < -0.4 is 10.6 Å². The maximum atomic E-state index is 12.4. The van der Waals surface area contributed by atoms with Crippen molar-refractivity contribution >= 4 is 22.4 Å². The Hall–Kier alpha value is -1.61. The van der Waals surface area contributed by atoms with Crippen molar-refractivity contribution in [3.05, 3.63) is 11.1 Å². The monoisotopic (exact) mass is 318 g/mol. The van der Waals surface area contributed by atoms with Crippen molar-refractivity contribution in [1.29, 1.82) is 5.26 Å². The van der Waals surface area contributed by atoms with Crippen molar-refractivity contribution in [1.82, 2.24) is 10.3 Å². The van der Waals surface area contributed by atoms with Crippen LogP contribution in [0.4, 0.5) is 5.13 Å². The Labute approximate surface area is 135 Å². The Morgan fingerprint density at radius 3 is 2.82 bits per heavy atom. The summed E-state index contributed by atoms with van der Waals surface area (Å²) in [6.45, 7) is 0. The summed E-state index contributed by atoms with van der Waals surface area (Å²) < 4.78 is 0. The first kappa shape index (κ1) is 15.3. The van der Waals surface area contributed by atoms with Gasteiger partial charge in [-0.1, -0.05) is 25.7 Å². The van der Waals surface area contributed by atoms with Gasteiger partial charge in [0.2, 0.25) is 5.91 Å². The molecule has 118 valence electrons. The topological polar surface area (TPSA) is 77.8 Å². The second-order valence-electron chi connectivity index (χ2n) is 6.29. The lowest BCUT2D eigenvalue weighted by atomic mass is 9.89. The number of hydrogen-bond acceptors (Lipinski definition) is 5. The summed E-state index contributed by atoms with van der Waals surface area (Å²) in [5, 5.41) is 15.2. The molecule has 2 aliphatic carbocycles. The highest BCUT2D eigenvalue weighted by Gasteiger charge is 2.33. The Morgan fingerprint density at radius 2 is 2.05 bits per heavy atom. The molecule has 1 unspecified atom stereocenters. The standard InChI is InChI=1S/C16H22N4OS/c17-10-19-13-8-4-7-12(13)15(21)20-16-18-9-14(22-16)11-5-2-1-3-6-11/h9,11-13,19H,1-8H2,(H,18,20,21)/t12-,13?/m0/s1. The van der Waals surface area contributed by atoms with Crippen molar-refractivity contribution in [3.8, 4) is 6.19 Å². The van der Waals surface area contributed by atoms with Crippen LogP contribution in [-0.4, -0.2) is 16.9 Å². The summed E-state index contributed by atoms with van der Waals surface area (Å²) in [7, 11) is 0. The molecule has 0 saturated heterocycles. The summed E-state index contributed by atoms with van der Waals surface area (Å²) in [5.41, 5.74) is 0. The fraction of sp³-hybridized carbons (Fsp3) is 0.688. The number of carbonyl (C=O) groups is 1. The lowest BCUT2D eigenvalue weighted by Gasteiger charge is -2.19. The van der Waals surface area contributed by atoms with Crippen LogP contribution in [0.1, 0.15) is 62.2 Å². The first-order chi connectivity index (χ1) is 10.8. The smallest absolute Gasteiger partial charge is 0.231 e. The van der Waals surface area contributed by atoms with E-state index in [4.69, 9.17) is 5.26 Å². The predicted molar refractivity (Wildman–Crippen MR) is 86.4 cm³/mol. The van der Waals surface area contributed by atoms with Crippen LogP contribution in [0.2, 0.25) is 0 Å². The average Bonchev–Trinajstić information content (AvgIpc) is 3.18. The molecule has 6 heteroatoms. The molecule has 0 aliphatic heterocycles. The van der Waals surface area contributed by atoms with Gasteiger partial charge in [-0.3, -0.25) is 4.79 Å². The first-order valence-electron chi connectivity index (χ1n) is 8.19. The summed E-state index contributed by atoms with van der Waals surface area (Å²) in [6.07, 6.45) is 13.0. The molecule has 2 fully saturated rings. The van der Waals surface area contributed by atoms with Gasteiger partial charge in [0, 0.05) is 17.1 Å². The van der Waals surface area contributed by atoms with Gasteiger partial charge in [-0.15, -0.1) is 11.3 Å². The van der Waals surface area contributed by atoms with E-state index in [1.165, 1.54) is 37.0 Å². The van der Waals surface area contributed by atoms with Crippen molar-refractivity contribution < 1.29 is 4.79 Å². The molecule has 3 rings (SSSR count). The van der Waals surface area contributed by atoms with Crippen LogP contribution in [0, 0.1) is 17.4 Å². The van der Waals surface area contributed by atoms with Gasteiger partial charge in [-0.05, 0) is 31.6 Å². The number of thiazole rings is 1. The number of nitriles is 1. The summed E-state index contributed by atoms with van der Waals surface area (Å²) in [6, 6.07) is -0.0252. The van der Waals surface area contributed by atoms with E-state index in [9.17, 15) is 4.79 Å². The number of hydrogen-bond donors (Lipinski definition) is 2. The van der Waals surface area contributed by atoms with Crippen LogP contribution in [-0.2, 0) is 4.79 Å². The Kier molecular flexibility index (Phi) is 4.94. The second-order valence-corrected chi connectivity index (χ2v) is 7.35. The van der Waals surface area contributed by atoms with Crippen LogP contribution in [0.25, 0.3) is 0 Å². The van der Waals surface area contributed by atoms with E-state index in [1.54, 1.807) is 11.3 Å². The molecule has 0 spiro atoms.